The molecule has 0 radical (unpaired) electrons. The summed E-state index contributed by atoms with van der Waals surface area (Å²) in [6.07, 6.45) is 0.465. The second kappa shape index (κ2) is 9.75. The maximum atomic E-state index is 14.4. The molecule has 0 aromatic heterocycles. The number of carbonyl (C=O) groups is 3. The first kappa shape index (κ1) is 27.3. The molecule has 2 bridgehead atoms. The number of benzene rings is 2. The van der Waals surface area contributed by atoms with Gasteiger partial charge in [-0.2, -0.15) is 0 Å². The molecule has 2 aromatic rings. The summed E-state index contributed by atoms with van der Waals surface area (Å²) in [7, 11) is 0. The molecule has 3 N–H and O–H groups in total. The highest BCUT2D eigenvalue weighted by Gasteiger charge is 2.80. The monoisotopic (exact) mass is 533 g/mol. The highest BCUT2D eigenvalue weighted by atomic mass is 16.5. The first-order valence-corrected chi connectivity index (χ1v) is 13.8. The van der Waals surface area contributed by atoms with E-state index in [1.807, 2.05) is 77.9 Å². The molecule has 3 aliphatic rings. The summed E-state index contributed by atoms with van der Waals surface area (Å²) in [5.74, 6) is -2.79. The van der Waals surface area contributed by atoms with E-state index in [9.17, 15) is 19.5 Å². The van der Waals surface area contributed by atoms with Crippen molar-refractivity contribution >= 4 is 29.1 Å². The van der Waals surface area contributed by atoms with Crippen LogP contribution in [0, 0.1) is 37.5 Å². The Hall–Kier alpha value is -3.23. The molecule has 39 heavy (non-hydrogen) atoms. The van der Waals surface area contributed by atoms with Gasteiger partial charge in [-0.25, -0.2) is 0 Å². The van der Waals surface area contributed by atoms with E-state index in [1.54, 1.807) is 12.1 Å². The highest BCUT2D eigenvalue weighted by molar-refractivity contribution is 6.05. The lowest BCUT2D eigenvalue weighted by molar-refractivity contribution is -0.149. The molecule has 7 atom stereocenters. The van der Waals surface area contributed by atoms with Crippen molar-refractivity contribution in [1.29, 1.82) is 0 Å². The average molecular weight is 534 g/mol. The van der Waals surface area contributed by atoms with Crippen molar-refractivity contribution in [3.05, 3.63) is 59.7 Å². The minimum Gasteiger partial charge on any atom is -0.394 e. The Bertz CT molecular complexity index is 1280. The Morgan fingerprint density at radius 2 is 1.69 bits per heavy atom. The molecule has 0 aliphatic carbocycles. The number of nitrogens with one attached hydrogen (secondary N) is 2. The fourth-order valence-corrected chi connectivity index (χ4v) is 7.30. The van der Waals surface area contributed by atoms with Gasteiger partial charge < -0.3 is 25.4 Å². The lowest BCUT2D eigenvalue weighted by Gasteiger charge is -2.38. The number of likely N-dealkylation sites (tertiary alicyclic amines) is 1. The molecule has 8 nitrogen and oxygen atoms in total. The van der Waals surface area contributed by atoms with Gasteiger partial charge in [-0.1, -0.05) is 57.2 Å². The molecule has 208 valence electrons. The van der Waals surface area contributed by atoms with Gasteiger partial charge in [0, 0.05) is 11.4 Å². The molecule has 5 rings (SSSR count). The fraction of sp³-hybridized carbons (Fsp3) is 0.516. The Labute approximate surface area is 230 Å². The van der Waals surface area contributed by atoms with E-state index >= 15 is 0 Å². The molecule has 0 saturated carbocycles. The van der Waals surface area contributed by atoms with Crippen LogP contribution in [0.25, 0.3) is 0 Å². The van der Waals surface area contributed by atoms with E-state index in [2.05, 4.69) is 10.6 Å². The van der Waals surface area contributed by atoms with Gasteiger partial charge in [0.1, 0.15) is 11.6 Å². The van der Waals surface area contributed by atoms with E-state index in [-0.39, 0.29) is 36.2 Å². The molecule has 3 heterocycles. The lowest BCUT2D eigenvalue weighted by atomic mass is 9.62. The number of hydrogen-bond acceptors (Lipinski definition) is 5. The Morgan fingerprint density at radius 3 is 2.28 bits per heavy atom. The van der Waals surface area contributed by atoms with Crippen LogP contribution in [0.2, 0.25) is 0 Å². The Balaban J connectivity index is 1.60. The topological polar surface area (TPSA) is 108 Å². The van der Waals surface area contributed by atoms with Gasteiger partial charge in [0.15, 0.2) is 0 Å². The van der Waals surface area contributed by atoms with Crippen LogP contribution >= 0.6 is 0 Å². The van der Waals surface area contributed by atoms with Gasteiger partial charge in [-0.3, -0.25) is 14.4 Å². The van der Waals surface area contributed by atoms with Gasteiger partial charge in [-0.05, 0) is 62.3 Å². The summed E-state index contributed by atoms with van der Waals surface area (Å²) in [4.78, 5) is 44.0. The van der Waals surface area contributed by atoms with E-state index in [4.69, 9.17) is 4.74 Å². The largest absolute Gasteiger partial charge is 0.394 e. The van der Waals surface area contributed by atoms with Crippen LogP contribution < -0.4 is 10.6 Å². The number of amides is 3. The van der Waals surface area contributed by atoms with Crippen LogP contribution in [0.4, 0.5) is 11.4 Å². The SMILES string of the molecule is Cc1cccc(C)c1NC(=O)C1N([C@@H](CO)C(C)C)C(=O)[C@@H]2[C@@H](C(=O)Nc3ccccc3)[C@]3(C)OC12CC3C. The van der Waals surface area contributed by atoms with Crippen LogP contribution in [0.5, 0.6) is 0 Å². The highest BCUT2D eigenvalue weighted by Crippen LogP contribution is 2.65. The van der Waals surface area contributed by atoms with Crippen molar-refractivity contribution in [2.75, 3.05) is 17.2 Å². The number of fused-ring (bicyclic) bond motifs is 1. The lowest BCUT2D eigenvalue weighted by Crippen LogP contribution is -2.57. The number of hydrogen-bond donors (Lipinski definition) is 3. The standard InChI is InChI=1S/C31H39N3O5/c1-17(2)22(16-35)34-26(28(37)33-25-18(3)11-10-12-19(25)4)31-15-20(5)30(6,39-31)23(24(31)29(34)38)27(36)32-21-13-8-7-9-14-21/h7-14,17,20,22-24,26,35H,15-16H2,1-6H3,(H,32,36)(H,33,37)/t20?,22-,23-,24-,26?,30+,31?/m0/s1. The normalized spacial score (nSPS) is 31.9. The molecule has 3 saturated heterocycles. The second-order valence-electron chi connectivity index (χ2n) is 12.1. The molecule has 8 heteroatoms. The van der Waals surface area contributed by atoms with Gasteiger partial charge >= 0.3 is 0 Å². The van der Waals surface area contributed by atoms with Crippen LogP contribution in [0.3, 0.4) is 0 Å². The number of rotatable bonds is 7. The first-order chi connectivity index (χ1) is 18.5. The number of ether oxygens (including phenoxy) is 1. The third-order valence-electron chi connectivity index (χ3n) is 9.37. The number of anilines is 2. The van der Waals surface area contributed by atoms with Crippen LogP contribution in [0.1, 0.15) is 45.2 Å². The maximum absolute atomic E-state index is 14.4. The van der Waals surface area contributed by atoms with Gasteiger partial charge in [0.05, 0.1) is 30.1 Å². The van der Waals surface area contributed by atoms with Crippen molar-refractivity contribution in [2.24, 2.45) is 23.7 Å². The van der Waals surface area contributed by atoms with Crippen molar-refractivity contribution in [2.45, 2.75) is 71.2 Å². The van der Waals surface area contributed by atoms with Crippen LogP contribution in [0.15, 0.2) is 48.5 Å². The van der Waals surface area contributed by atoms with Gasteiger partial charge in [-0.15, -0.1) is 0 Å². The molecular formula is C31H39N3O5. The van der Waals surface area contributed by atoms with E-state index in [0.29, 0.717) is 17.8 Å². The predicted octanol–water partition coefficient (Wildman–Crippen LogP) is 3.91. The zero-order valence-corrected chi connectivity index (χ0v) is 23.5. The molecular weight excluding hydrogens is 494 g/mol. The number of aryl methyl sites for hydroxylation is 2. The zero-order valence-electron chi connectivity index (χ0n) is 23.5. The van der Waals surface area contributed by atoms with E-state index in [1.165, 1.54) is 4.90 Å². The van der Waals surface area contributed by atoms with Crippen molar-refractivity contribution < 1.29 is 24.2 Å². The van der Waals surface area contributed by atoms with E-state index < -0.39 is 35.1 Å². The van der Waals surface area contributed by atoms with E-state index in [0.717, 1.165) is 11.1 Å². The first-order valence-electron chi connectivity index (χ1n) is 13.8. The number of aliphatic hydroxyl groups is 1. The Kier molecular flexibility index (Phi) is 6.84. The summed E-state index contributed by atoms with van der Waals surface area (Å²) < 4.78 is 6.80. The van der Waals surface area contributed by atoms with Gasteiger partial charge in [0.25, 0.3) is 0 Å². The second-order valence-corrected chi connectivity index (χ2v) is 12.1. The fourth-order valence-electron chi connectivity index (χ4n) is 7.30. The summed E-state index contributed by atoms with van der Waals surface area (Å²) in [6, 6.07) is 13.3. The van der Waals surface area contributed by atoms with Crippen LogP contribution in [-0.2, 0) is 19.1 Å². The molecule has 3 fully saturated rings. The third-order valence-corrected chi connectivity index (χ3v) is 9.37. The van der Waals surface area contributed by atoms with Crippen molar-refractivity contribution in [1.82, 2.24) is 4.90 Å². The summed E-state index contributed by atoms with van der Waals surface area (Å²) in [5.41, 5.74) is 1.05. The molecule has 2 aromatic carbocycles. The maximum Gasteiger partial charge on any atom is 0.250 e. The number of carbonyl (C=O) groups excluding carboxylic acids is 3. The molecule has 3 amide bonds. The van der Waals surface area contributed by atoms with Crippen LogP contribution in [-0.4, -0.2) is 57.6 Å². The Morgan fingerprint density at radius 1 is 1.05 bits per heavy atom. The predicted molar refractivity (Wildman–Crippen MR) is 149 cm³/mol. The van der Waals surface area contributed by atoms with Crippen molar-refractivity contribution in [3.8, 4) is 0 Å². The molecule has 3 aliphatic heterocycles. The minimum absolute atomic E-state index is 0.0739. The van der Waals surface area contributed by atoms with Gasteiger partial charge in [0.2, 0.25) is 17.7 Å². The van der Waals surface area contributed by atoms with Crippen molar-refractivity contribution in [3.63, 3.8) is 0 Å². The quantitative estimate of drug-likeness (QED) is 0.500. The third kappa shape index (κ3) is 4.07. The number of nitrogens with zero attached hydrogens (tertiary/aromatic N) is 1. The molecule has 3 unspecified atom stereocenters. The number of para-hydroxylation sites is 2. The minimum atomic E-state index is -1.19. The number of aliphatic hydroxyl groups excluding tert-OH is 1. The smallest absolute Gasteiger partial charge is 0.250 e. The summed E-state index contributed by atoms with van der Waals surface area (Å²) >= 11 is 0. The summed E-state index contributed by atoms with van der Waals surface area (Å²) in [6.45, 7) is 11.3. The average Bonchev–Trinajstić information content (AvgIpc) is 3.39. The molecule has 1 spiro atoms. The summed E-state index contributed by atoms with van der Waals surface area (Å²) in [5, 5.41) is 16.5. The zero-order chi connectivity index (χ0) is 28.3.